The number of nitrogens with one attached hydrogen (secondary N) is 1. The Bertz CT molecular complexity index is 1320. The molecule has 0 saturated heterocycles. The van der Waals surface area contributed by atoms with Gasteiger partial charge in [0.2, 0.25) is 0 Å². The van der Waals surface area contributed by atoms with Crippen LogP contribution < -0.4 is 10.9 Å². The van der Waals surface area contributed by atoms with Crippen LogP contribution in [0.5, 0.6) is 0 Å². The van der Waals surface area contributed by atoms with Crippen LogP contribution in [0.4, 0.5) is 10.1 Å². The second-order valence-electron chi connectivity index (χ2n) is 6.16. The molecule has 0 aliphatic rings. The minimum atomic E-state index is -1.24. The number of rotatable bonds is 3. The van der Waals surface area contributed by atoms with Crippen molar-refractivity contribution in [1.82, 2.24) is 14.2 Å². The number of hydrogen-bond donors (Lipinski definition) is 2. The molecule has 2 aromatic heterocycles. The number of aromatic nitrogens is 3. The average Bonchev–Trinajstić information content (AvgIpc) is 3.13. The van der Waals surface area contributed by atoms with Crippen LogP contribution >= 0.6 is 0 Å². The molecule has 2 N–H and O–H groups in total. The summed E-state index contributed by atoms with van der Waals surface area (Å²) >= 11 is 0. The van der Waals surface area contributed by atoms with Gasteiger partial charge in [-0.3, -0.25) is 9.59 Å². The number of carboxylic acid groups (broad SMARTS) is 1. The monoisotopic (exact) mass is 380 g/mol. The molecule has 2 aromatic carbocycles. The van der Waals surface area contributed by atoms with E-state index in [0.717, 1.165) is 4.52 Å². The Balaban J connectivity index is 1.80. The van der Waals surface area contributed by atoms with Gasteiger partial charge in [0.05, 0.1) is 10.9 Å². The quantitative estimate of drug-likeness (QED) is 0.567. The SMILES string of the molecule is Cn1c2ccc(NC(=O)c3ccc(F)cc3)cc2c(=O)n2nc(C(=O)O)cc12. The van der Waals surface area contributed by atoms with Crippen LogP contribution in [-0.2, 0) is 7.05 Å². The summed E-state index contributed by atoms with van der Waals surface area (Å²) in [5.74, 6) is -2.14. The molecule has 1 amide bonds. The lowest BCUT2D eigenvalue weighted by Crippen LogP contribution is -2.19. The molecule has 140 valence electrons. The Morgan fingerprint density at radius 3 is 2.50 bits per heavy atom. The molecule has 4 aromatic rings. The fourth-order valence-corrected chi connectivity index (χ4v) is 2.98. The van der Waals surface area contributed by atoms with Crippen LogP contribution in [-0.4, -0.2) is 31.2 Å². The molecule has 0 atom stereocenters. The smallest absolute Gasteiger partial charge is 0.356 e. The minimum Gasteiger partial charge on any atom is -0.476 e. The largest absolute Gasteiger partial charge is 0.476 e. The fourth-order valence-electron chi connectivity index (χ4n) is 2.98. The van der Waals surface area contributed by atoms with E-state index in [4.69, 9.17) is 5.11 Å². The predicted molar refractivity (Wildman–Crippen MR) is 99.3 cm³/mol. The second-order valence-corrected chi connectivity index (χ2v) is 6.16. The molecule has 0 saturated carbocycles. The van der Waals surface area contributed by atoms with Crippen LogP contribution in [0, 0.1) is 5.82 Å². The average molecular weight is 380 g/mol. The standard InChI is InChI=1S/C19H13FN4O4/c1-23-15-7-6-12(21-17(25)10-2-4-11(20)5-3-10)8-13(15)18(26)24-16(23)9-14(22-24)19(27)28/h2-9H,1H3,(H,21,25)(H,27,28). The summed E-state index contributed by atoms with van der Waals surface area (Å²) in [5, 5.41) is 15.9. The van der Waals surface area contributed by atoms with Crippen molar-refractivity contribution in [2.24, 2.45) is 7.05 Å². The molecule has 0 unspecified atom stereocenters. The van der Waals surface area contributed by atoms with Crippen LogP contribution in [0.3, 0.4) is 0 Å². The number of amides is 1. The number of aromatic carboxylic acids is 1. The zero-order valence-electron chi connectivity index (χ0n) is 14.5. The van der Waals surface area contributed by atoms with Crippen LogP contribution in [0.25, 0.3) is 16.6 Å². The highest BCUT2D eigenvalue weighted by molar-refractivity contribution is 6.05. The topological polar surface area (TPSA) is 106 Å². The highest BCUT2D eigenvalue weighted by atomic mass is 19.1. The summed E-state index contributed by atoms with van der Waals surface area (Å²) in [6, 6.07) is 11.1. The number of benzene rings is 2. The van der Waals surface area contributed by atoms with Crippen LogP contribution in [0.2, 0.25) is 0 Å². The third-order valence-electron chi connectivity index (χ3n) is 4.40. The molecule has 0 aliphatic heterocycles. The maximum absolute atomic E-state index is 13.0. The maximum Gasteiger partial charge on any atom is 0.356 e. The van der Waals surface area contributed by atoms with E-state index in [1.54, 1.807) is 23.7 Å². The maximum atomic E-state index is 13.0. The van der Waals surface area contributed by atoms with Gasteiger partial charge in [-0.05, 0) is 42.5 Å². The molecule has 2 heterocycles. The van der Waals surface area contributed by atoms with E-state index in [2.05, 4.69) is 10.4 Å². The summed E-state index contributed by atoms with van der Waals surface area (Å²) in [5.41, 5.74) is 0.764. The zero-order valence-corrected chi connectivity index (χ0v) is 14.5. The third kappa shape index (κ3) is 2.78. The van der Waals surface area contributed by atoms with E-state index in [0.29, 0.717) is 16.9 Å². The van der Waals surface area contributed by atoms with Crippen molar-refractivity contribution in [3.05, 3.63) is 76.0 Å². The van der Waals surface area contributed by atoms with E-state index >= 15 is 0 Å². The molecule has 4 rings (SSSR count). The van der Waals surface area contributed by atoms with E-state index in [9.17, 15) is 18.8 Å². The number of carbonyl (C=O) groups is 2. The first-order chi connectivity index (χ1) is 13.3. The highest BCUT2D eigenvalue weighted by Crippen LogP contribution is 2.19. The molecule has 0 fully saturated rings. The predicted octanol–water partition coefficient (Wildman–Crippen LogP) is 2.28. The van der Waals surface area contributed by atoms with E-state index in [-0.39, 0.29) is 16.6 Å². The zero-order chi connectivity index (χ0) is 20.0. The van der Waals surface area contributed by atoms with Crippen molar-refractivity contribution in [2.45, 2.75) is 0 Å². The number of carboxylic acids is 1. The molecule has 0 radical (unpaired) electrons. The molecule has 0 aliphatic carbocycles. The minimum absolute atomic E-state index is 0.243. The summed E-state index contributed by atoms with van der Waals surface area (Å²) in [6.45, 7) is 0. The Morgan fingerprint density at radius 1 is 1.11 bits per heavy atom. The van der Waals surface area contributed by atoms with E-state index < -0.39 is 23.3 Å². The van der Waals surface area contributed by atoms with Gasteiger partial charge in [0, 0.05) is 24.4 Å². The molecule has 9 heteroatoms. The first kappa shape index (κ1) is 17.4. The van der Waals surface area contributed by atoms with Crippen molar-refractivity contribution in [3.8, 4) is 0 Å². The summed E-state index contributed by atoms with van der Waals surface area (Å²) in [6.07, 6.45) is 0. The number of hydrogen-bond acceptors (Lipinski definition) is 4. The van der Waals surface area contributed by atoms with Crippen molar-refractivity contribution >= 4 is 34.1 Å². The van der Waals surface area contributed by atoms with E-state index in [1.165, 1.54) is 36.4 Å². The van der Waals surface area contributed by atoms with Gasteiger partial charge in [0.25, 0.3) is 11.5 Å². The van der Waals surface area contributed by atoms with Gasteiger partial charge in [0.15, 0.2) is 5.69 Å². The summed E-state index contributed by atoms with van der Waals surface area (Å²) in [4.78, 5) is 36.2. The van der Waals surface area contributed by atoms with E-state index in [1.807, 2.05) is 0 Å². The summed E-state index contributed by atoms with van der Waals surface area (Å²) in [7, 11) is 1.68. The van der Waals surface area contributed by atoms with Crippen LogP contribution in [0.15, 0.2) is 53.3 Å². The Hall–Kier alpha value is -4.01. The van der Waals surface area contributed by atoms with Crippen molar-refractivity contribution < 1.29 is 19.1 Å². The van der Waals surface area contributed by atoms with Crippen molar-refractivity contribution in [1.29, 1.82) is 0 Å². The molecule has 28 heavy (non-hydrogen) atoms. The van der Waals surface area contributed by atoms with Crippen molar-refractivity contribution in [2.75, 3.05) is 5.32 Å². The number of nitrogens with zero attached hydrogens (tertiary/aromatic N) is 3. The molecule has 0 bridgehead atoms. The van der Waals surface area contributed by atoms with Crippen molar-refractivity contribution in [3.63, 3.8) is 0 Å². The lowest BCUT2D eigenvalue weighted by Gasteiger charge is -2.10. The Kier molecular flexibility index (Phi) is 3.92. The number of halogens is 1. The van der Waals surface area contributed by atoms with Gasteiger partial charge in [-0.15, -0.1) is 0 Å². The lowest BCUT2D eigenvalue weighted by molar-refractivity contribution is 0.0690. The van der Waals surface area contributed by atoms with Gasteiger partial charge in [-0.1, -0.05) is 0 Å². The van der Waals surface area contributed by atoms with Gasteiger partial charge in [-0.25, -0.2) is 9.18 Å². The van der Waals surface area contributed by atoms with Gasteiger partial charge in [-0.2, -0.15) is 9.61 Å². The second kappa shape index (κ2) is 6.31. The lowest BCUT2D eigenvalue weighted by atomic mass is 10.2. The first-order valence-electron chi connectivity index (χ1n) is 8.18. The highest BCUT2D eigenvalue weighted by Gasteiger charge is 2.16. The first-order valence-corrected chi connectivity index (χ1v) is 8.18. The number of anilines is 1. The number of fused-ring (bicyclic) bond motifs is 2. The van der Waals surface area contributed by atoms with Crippen LogP contribution in [0.1, 0.15) is 20.8 Å². The van der Waals surface area contributed by atoms with Gasteiger partial charge < -0.3 is 15.0 Å². The van der Waals surface area contributed by atoms with Gasteiger partial charge in [0.1, 0.15) is 11.5 Å². The molecular weight excluding hydrogens is 367 g/mol. The Morgan fingerprint density at radius 2 is 1.82 bits per heavy atom. The third-order valence-corrected chi connectivity index (χ3v) is 4.40. The summed E-state index contributed by atoms with van der Waals surface area (Å²) < 4.78 is 15.7. The Labute approximate surface area is 156 Å². The number of aryl methyl sites for hydroxylation is 1. The van der Waals surface area contributed by atoms with Gasteiger partial charge >= 0.3 is 5.97 Å². The molecule has 0 spiro atoms. The fraction of sp³-hybridized carbons (Fsp3) is 0.0526. The number of carbonyl (C=O) groups excluding carboxylic acids is 1. The molecular formula is C19H13FN4O4. The normalized spacial score (nSPS) is 11.1. The molecule has 8 nitrogen and oxygen atoms in total.